The van der Waals surface area contributed by atoms with E-state index in [9.17, 15) is 9.59 Å². The van der Waals surface area contributed by atoms with Crippen LogP contribution in [0, 0.1) is 0 Å². The zero-order valence-electron chi connectivity index (χ0n) is 8.66. The van der Waals surface area contributed by atoms with Crippen LogP contribution < -0.4 is 10.6 Å². The second kappa shape index (κ2) is 4.25. The van der Waals surface area contributed by atoms with Crippen LogP contribution in [-0.4, -0.2) is 17.9 Å². The van der Waals surface area contributed by atoms with Crippen molar-refractivity contribution in [1.29, 1.82) is 0 Å². The summed E-state index contributed by atoms with van der Waals surface area (Å²) >= 11 is 3.32. The highest BCUT2D eigenvalue weighted by molar-refractivity contribution is 9.10. The number of halogens is 1. The highest BCUT2D eigenvalue weighted by Crippen LogP contribution is 2.19. The molecule has 1 aromatic rings. The molecule has 0 radical (unpaired) electrons. The summed E-state index contributed by atoms with van der Waals surface area (Å²) < 4.78 is 0.937. The van der Waals surface area contributed by atoms with Crippen LogP contribution in [0.2, 0.25) is 0 Å². The van der Waals surface area contributed by atoms with Gasteiger partial charge in [0.1, 0.15) is 12.1 Å². The zero-order chi connectivity index (χ0) is 11.7. The van der Waals surface area contributed by atoms with Crippen molar-refractivity contribution in [3.05, 3.63) is 34.3 Å². The van der Waals surface area contributed by atoms with Gasteiger partial charge in [-0.2, -0.15) is 0 Å². The Morgan fingerprint density at radius 2 is 1.69 bits per heavy atom. The Kier molecular flexibility index (Phi) is 2.96. The van der Waals surface area contributed by atoms with Crippen molar-refractivity contribution in [3.63, 3.8) is 0 Å². The molecule has 1 aromatic carbocycles. The minimum atomic E-state index is -0.586. The summed E-state index contributed by atoms with van der Waals surface area (Å²) in [5.74, 6) is -0.332. The number of hydrogen-bond acceptors (Lipinski definition) is 2. The summed E-state index contributed by atoms with van der Waals surface area (Å²) in [4.78, 5) is 23.2. The lowest BCUT2D eigenvalue weighted by atomic mass is 10.0. The van der Waals surface area contributed by atoms with Gasteiger partial charge in [-0.1, -0.05) is 28.1 Å². The predicted octanol–water partition coefficient (Wildman–Crippen LogP) is 1.12. The van der Waals surface area contributed by atoms with Crippen LogP contribution in [0.25, 0.3) is 0 Å². The van der Waals surface area contributed by atoms with Gasteiger partial charge in [0.05, 0.1) is 0 Å². The largest absolute Gasteiger partial charge is 0.342 e. The molecule has 0 aliphatic carbocycles. The first-order valence-corrected chi connectivity index (χ1v) is 5.73. The molecular formula is C11H11BrN2O2. The number of nitrogens with one attached hydrogen (secondary N) is 2. The number of carbonyl (C=O) groups excluding carboxylic acids is 2. The molecule has 2 unspecified atom stereocenters. The smallest absolute Gasteiger partial charge is 0.247 e. The van der Waals surface area contributed by atoms with Gasteiger partial charge >= 0.3 is 0 Å². The van der Waals surface area contributed by atoms with Gasteiger partial charge in [0, 0.05) is 4.47 Å². The van der Waals surface area contributed by atoms with Crippen LogP contribution in [0.1, 0.15) is 18.5 Å². The fourth-order valence-electron chi connectivity index (χ4n) is 1.59. The molecule has 0 spiro atoms. The van der Waals surface area contributed by atoms with E-state index in [2.05, 4.69) is 26.6 Å². The molecule has 4 nitrogen and oxygen atoms in total. The van der Waals surface area contributed by atoms with E-state index in [1.54, 1.807) is 6.92 Å². The third-order valence-corrected chi connectivity index (χ3v) is 3.03. The molecule has 1 aliphatic rings. The van der Waals surface area contributed by atoms with Crippen LogP contribution in [0.5, 0.6) is 0 Å². The van der Waals surface area contributed by atoms with Crippen LogP contribution in [0.4, 0.5) is 0 Å². The maximum Gasteiger partial charge on any atom is 0.247 e. The molecule has 2 rings (SSSR count). The van der Waals surface area contributed by atoms with Gasteiger partial charge in [-0.3, -0.25) is 9.59 Å². The normalized spacial score (nSPS) is 24.9. The number of rotatable bonds is 1. The van der Waals surface area contributed by atoms with E-state index in [0.29, 0.717) is 0 Å². The van der Waals surface area contributed by atoms with E-state index >= 15 is 0 Å². The van der Waals surface area contributed by atoms with Gasteiger partial charge < -0.3 is 10.6 Å². The van der Waals surface area contributed by atoms with Crippen molar-refractivity contribution < 1.29 is 9.59 Å². The van der Waals surface area contributed by atoms with Crippen molar-refractivity contribution in [1.82, 2.24) is 10.6 Å². The minimum Gasteiger partial charge on any atom is -0.342 e. The molecule has 0 aromatic heterocycles. The molecule has 5 heteroatoms. The van der Waals surface area contributed by atoms with Crippen molar-refractivity contribution in [2.75, 3.05) is 0 Å². The standard InChI is InChI=1S/C11H11BrN2O2/c1-6-10(15)14-9(11(16)13-6)7-2-4-8(12)5-3-7/h2-6,9H,1H3,(H,13,16)(H,14,15). The van der Waals surface area contributed by atoms with E-state index < -0.39 is 12.1 Å². The summed E-state index contributed by atoms with van der Waals surface area (Å²) in [5.41, 5.74) is 0.779. The van der Waals surface area contributed by atoms with Gasteiger partial charge in [0.25, 0.3) is 0 Å². The Hall–Kier alpha value is -1.36. The third kappa shape index (κ3) is 2.09. The molecule has 2 amide bonds. The Morgan fingerprint density at radius 1 is 1.06 bits per heavy atom. The van der Waals surface area contributed by atoms with Crippen LogP contribution in [0.15, 0.2) is 28.7 Å². The molecule has 1 saturated heterocycles. The molecule has 0 saturated carbocycles. The van der Waals surface area contributed by atoms with Crippen molar-refractivity contribution in [3.8, 4) is 0 Å². The van der Waals surface area contributed by atoms with Gasteiger partial charge in [-0.05, 0) is 24.6 Å². The number of piperazine rings is 1. The average molecular weight is 283 g/mol. The van der Waals surface area contributed by atoms with E-state index in [-0.39, 0.29) is 11.8 Å². The Bertz CT molecular complexity index is 430. The lowest BCUT2D eigenvalue weighted by Gasteiger charge is -2.27. The number of hydrogen-bond donors (Lipinski definition) is 2. The topological polar surface area (TPSA) is 58.2 Å². The maximum absolute atomic E-state index is 11.7. The van der Waals surface area contributed by atoms with E-state index in [4.69, 9.17) is 0 Å². The summed E-state index contributed by atoms with van der Waals surface area (Å²) in [7, 11) is 0. The zero-order valence-corrected chi connectivity index (χ0v) is 10.2. The molecule has 1 fully saturated rings. The lowest BCUT2D eigenvalue weighted by molar-refractivity contribution is -0.136. The van der Waals surface area contributed by atoms with Crippen molar-refractivity contribution in [2.45, 2.75) is 19.0 Å². The summed E-state index contributed by atoms with van der Waals surface area (Å²) in [6.45, 7) is 1.66. The fraction of sp³-hybridized carbons (Fsp3) is 0.273. The van der Waals surface area contributed by atoms with E-state index in [0.717, 1.165) is 10.0 Å². The number of amides is 2. The van der Waals surface area contributed by atoms with Crippen LogP contribution in [-0.2, 0) is 9.59 Å². The van der Waals surface area contributed by atoms with Gasteiger partial charge in [-0.25, -0.2) is 0 Å². The van der Waals surface area contributed by atoms with Crippen molar-refractivity contribution in [2.24, 2.45) is 0 Å². The fourth-order valence-corrected chi connectivity index (χ4v) is 1.85. The van der Waals surface area contributed by atoms with E-state index in [1.807, 2.05) is 24.3 Å². The average Bonchev–Trinajstić information content (AvgIpc) is 2.25. The minimum absolute atomic E-state index is 0.160. The predicted molar refractivity (Wildman–Crippen MR) is 62.6 cm³/mol. The first kappa shape index (κ1) is 11.1. The Balaban J connectivity index is 2.24. The summed E-state index contributed by atoms with van der Waals surface area (Å²) in [6.07, 6.45) is 0. The highest BCUT2D eigenvalue weighted by Gasteiger charge is 2.31. The second-order valence-corrected chi connectivity index (χ2v) is 4.64. The molecule has 1 aliphatic heterocycles. The quantitative estimate of drug-likeness (QED) is 0.811. The number of benzene rings is 1. The first-order chi connectivity index (χ1) is 7.58. The molecular weight excluding hydrogens is 272 g/mol. The summed E-state index contributed by atoms with van der Waals surface area (Å²) in [6, 6.07) is 6.26. The van der Waals surface area contributed by atoms with Gasteiger partial charge in [-0.15, -0.1) is 0 Å². The molecule has 0 bridgehead atoms. The molecule has 1 heterocycles. The molecule has 84 valence electrons. The summed E-state index contributed by atoms with van der Waals surface area (Å²) in [5, 5.41) is 5.31. The van der Waals surface area contributed by atoms with Crippen molar-refractivity contribution >= 4 is 27.7 Å². The number of carbonyl (C=O) groups is 2. The van der Waals surface area contributed by atoms with Crippen LogP contribution >= 0.6 is 15.9 Å². The van der Waals surface area contributed by atoms with E-state index in [1.165, 1.54) is 0 Å². The van der Waals surface area contributed by atoms with Gasteiger partial charge in [0.2, 0.25) is 11.8 Å². The highest BCUT2D eigenvalue weighted by atomic mass is 79.9. The van der Waals surface area contributed by atoms with Gasteiger partial charge in [0.15, 0.2) is 0 Å². The second-order valence-electron chi connectivity index (χ2n) is 3.72. The third-order valence-electron chi connectivity index (χ3n) is 2.50. The molecule has 2 atom stereocenters. The SMILES string of the molecule is CC1NC(=O)C(c2ccc(Br)cc2)NC1=O. The molecule has 16 heavy (non-hydrogen) atoms. The monoisotopic (exact) mass is 282 g/mol. The Morgan fingerprint density at radius 3 is 2.31 bits per heavy atom. The Labute approximate surface area is 102 Å². The van der Waals surface area contributed by atoms with Crippen LogP contribution in [0.3, 0.4) is 0 Å². The maximum atomic E-state index is 11.7. The first-order valence-electron chi connectivity index (χ1n) is 4.94. The molecule has 2 N–H and O–H groups in total. The lowest BCUT2D eigenvalue weighted by Crippen LogP contribution is -2.56.